The van der Waals surface area contributed by atoms with Gasteiger partial charge in [0.15, 0.2) is 5.96 Å². The Morgan fingerprint density at radius 2 is 2.03 bits per heavy atom. The maximum atomic E-state index is 12.0. The molecule has 1 aliphatic rings. The molecule has 0 spiro atoms. The summed E-state index contributed by atoms with van der Waals surface area (Å²) in [7, 11) is 0. The van der Waals surface area contributed by atoms with Gasteiger partial charge in [-0.15, -0.1) is 0 Å². The van der Waals surface area contributed by atoms with Gasteiger partial charge in [-0.2, -0.15) is 0 Å². The molecule has 2 aromatic carbocycles. The first-order valence-electron chi connectivity index (χ1n) is 10.7. The second kappa shape index (κ2) is 10.7. The lowest BCUT2D eigenvalue weighted by Crippen LogP contribution is -2.40. The standard InChI is InChI=1S/C24H32N4O2/c1-4-25-24(26-14-18-8-7-9-20(12-18)30-16-17(2)3)27-15-19-13-23(29)28-22-11-6-5-10-21(19)22/h5-12,17,19H,4,13-16H2,1-3H3,(H,28,29)(H2,25,26,27). The fourth-order valence-corrected chi connectivity index (χ4v) is 3.41. The van der Waals surface area contributed by atoms with E-state index in [4.69, 9.17) is 9.73 Å². The predicted molar refractivity (Wildman–Crippen MR) is 122 cm³/mol. The number of fused-ring (bicyclic) bond motifs is 1. The Kier molecular flexibility index (Phi) is 7.71. The van der Waals surface area contributed by atoms with Crippen molar-refractivity contribution in [2.24, 2.45) is 10.9 Å². The maximum absolute atomic E-state index is 12.0. The molecule has 1 aliphatic heterocycles. The van der Waals surface area contributed by atoms with Crippen LogP contribution in [0.25, 0.3) is 0 Å². The van der Waals surface area contributed by atoms with Crippen LogP contribution in [0.2, 0.25) is 0 Å². The number of hydrogen-bond donors (Lipinski definition) is 3. The zero-order valence-corrected chi connectivity index (χ0v) is 18.1. The summed E-state index contributed by atoms with van der Waals surface area (Å²) in [6.45, 7) is 8.98. The first-order valence-corrected chi connectivity index (χ1v) is 10.7. The quantitative estimate of drug-likeness (QED) is 0.457. The molecule has 3 N–H and O–H groups in total. The molecule has 2 aromatic rings. The zero-order valence-electron chi connectivity index (χ0n) is 18.1. The van der Waals surface area contributed by atoms with Crippen LogP contribution in [0.1, 0.15) is 44.2 Å². The number of ether oxygens (including phenoxy) is 1. The molecule has 6 heteroatoms. The number of carbonyl (C=O) groups is 1. The molecule has 0 fully saturated rings. The minimum Gasteiger partial charge on any atom is -0.493 e. The van der Waals surface area contributed by atoms with Gasteiger partial charge in [-0.25, -0.2) is 4.99 Å². The molecular weight excluding hydrogens is 376 g/mol. The van der Waals surface area contributed by atoms with E-state index in [0.29, 0.717) is 32.0 Å². The molecule has 30 heavy (non-hydrogen) atoms. The highest BCUT2D eigenvalue weighted by molar-refractivity contribution is 5.94. The molecule has 6 nitrogen and oxygen atoms in total. The molecule has 0 aliphatic carbocycles. The van der Waals surface area contributed by atoms with E-state index in [9.17, 15) is 4.79 Å². The number of nitrogens with one attached hydrogen (secondary N) is 3. The Hall–Kier alpha value is -3.02. The van der Waals surface area contributed by atoms with Gasteiger partial charge in [0.25, 0.3) is 0 Å². The van der Waals surface area contributed by atoms with E-state index in [-0.39, 0.29) is 11.8 Å². The summed E-state index contributed by atoms with van der Waals surface area (Å²) in [5.41, 5.74) is 3.16. The molecule has 0 aromatic heterocycles. The van der Waals surface area contributed by atoms with Gasteiger partial charge in [0.1, 0.15) is 5.75 Å². The van der Waals surface area contributed by atoms with E-state index in [1.165, 1.54) is 0 Å². The molecule has 1 unspecified atom stereocenters. The van der Waals surface area contributed by atoms with Gasteiger partial charge < -0.3 is 20.7 Å². The van der Waals surface area contributed by atoms with Crippen LogP contribution in [0.4, 0.5) is 5.69 Å². The second-order valence-electron chi connectivity index (χ2n) is 7.96. The first-order chi connectivity index (χ1) is 14.5. The minimum absolute atomic E-state index is 0.0562. The molecule has 0 bridgehead atoms. The third kappa shape index (κ3) is 6.24. The molecule has 160 valence electrons. The number of anilines is 1. The van der Waals surface area contributed by atoms with E-state index in [2.05, 4.69) is 41.9 Å². The first kappa shape index (κ1) is 21.7. The summed E-state index contributed by atoms with van der Waals surface area (Å²) in [5.74, 6) is 2.28. The molecule has 0 radical (unpaired) electrons. The molecule has 0 saturated carbocycles. The van der Waals surface area contributed by atoms with Gasteiger partial charge in [-0.05, 0) is 42.2 Å². The largest absolute Gasteiger partial charge is 0.493 e. The molecular formula is C24H32N4O2. The van der Waals surface area contributed by atoms with Crippen LogP contribution in [-0.2, 0) is 11.3 Å². The average Bonchev–Trinajstić information content (AvgIpc) is 2.74. The molecule has 1 amide bonds. The van der Waals surface area contributed by atoms with Crippen molar-refractivity contribution in [3.05, 3.63) is 59.7 Å². The van der Waals surface area contributed by atoms with Crippen molar-refractivity contribution in [2.45, 2.75) is 39.7 Å². The van der Waals surface area contributed by atoms with Crippen LogP contribution in [0.15, 0.2) is 53.5 Å². The lowest BCUT2D eigenvalue weighted by Gasteiger charge is -2.26. The summed E-state index contributed by atoms with van der Waals surface area (Å²) in [6.07, 6.45) is 0.471. The average molecular weight is 409 g/mol. The Morgan fingerprint density at radius 1 is 1.20 bits per heavy atom. The van der Waals surface area contributed by atoms with Crippen molar-refractivity contribution >= 4 is 17.6 Å². The summed E-state index contributed by atoms with van der Waals surface area (Å²) in [4.78, 5) is 16.8. The van der Waals surface area contributed by atoms with E-state index < -0.39 is 0 Å². The van der Waals surface area contributed by atoms with Gasteiger partial charge in [-0.1, -0.05) is 44.2 Å². The normalized spacial score (nSPS) is 16.1. The summed E-state index contributed by atoms with van der Waals surface area (Å²) < 4.78 is 5.82. The van der Waals surface area contributed by atoms with Crippen LogP contribution in [-0.4, -0.2) is 31.6 Å². The van der Waals surface area contributed by atoms with Crippen molar-refractivity contribution in [1.29, 1.82) is 0 Å². The van der Waals surface area contributed by atoms with E-state index in [1.807, 2.05) is 43.3 Å². The van der Waals surface area contributed by atoms with E-state index >= 15 is 0 Å². The highest BCUT2D eigenvalue weighted by atomic mass is 16.5. The van der Waals surface area contributed by atoms with Gasteiger partial charge in [0, 0.05) is 31.1 Å². The number of guanidine groups is 1. The highest BCUT2D eigenvalue weighted by Gasteiger charge is 2.24. The third-order valence-corrected chi connectivity index (χ3v) is 4.87. The number of benzene rings is 2. The number of aliphatic imine (C=N–C) groups is 1. The van der Waals surface area contributed by atoms with Gasteiger partial charge in [0.2, 0.25) is 5.91 Å². The fraction of sp³-hybridized carbons (Fsp3) is 0.417. The second-order valence-corrected chi connectivity index (χ2v) is 7.96. The molecule has 0 saturated heterocycles. The molecule has 3 rings (SSSR count). The van der Waals surface area contributed by atoms with Crippen molar-refractivity contribution < 1.29 is 9.53 Å². The summed E-state index contributed by atoms with van der Waals surface area (Å²) in [5, 5.41) is 9.64. The Bertz CT molecular complexity index is 879. The highest BCUT2D eigenvalue weighted by Crippen LogP contribution is 2.31. The maximum Gasteiger partial charge on any atom is 0.225 e. The number of hydrogen-bond acceptors (Lipinski definition) is 3. The lowest BCUT2D eigenvalue weighted by atomic mass is 9.90. The van der Waals surface area contributed by atoms with E-state index in [0.717, 1.165) is 35.1 Å². The predicted octanol–water partition coefficient (Wildman–Crippen LogP) is 3.90. The Balaban J connectivity index is 1.63. The monoisotopic (exact) mass is 408 g/mol. The topological polar surface area (TPSA) is 74.8 Å². The number of rotatable bonds is 8. The third-order valence-electron chi connectivity index (χ3n) is 4.87. The number of nitrogens with zero attached hydrogens (tertiary/aromatic N) is 1. The Morgan fingerprint density at radius 3 is 2.83 bits per heavy atom. The Labute approximate surface area is 179 Å². The number of amides is 1. The van der Waals surface area contributed by atoms with Crippen LogP contribution in [0.3, 0.4) is 0 Å². The van der Waals surface area contributed by atoms with Gasteiger partial charge >= 0.3 is 0 Å². The summed E-state index contributed by atoms with van der Waals surface area (Å²) in [6, 6.07) is 16.1. The van der Waals surface area contributed by atoms with Crippen molar-refractivity contribution in [3.63, 3.8) is 0 Å². The van der Waals surface area contributed by atoms with Gasteiger partial charge in [0.05, 0.1) is 13.2 Å². The summed E-state index contributed by atoms with van der Waals surface area (Å²) >= 11 is 0. The van der Waals surface area contributed by atoms with Crippen LogP contribution < -0.4 is 20.7 Å². The number of para-hydroxylation sites is 1. The van der Waals surface area contributed by atoms with Gasteiger partial charge in [-0.3, -0.25) is 4.79 Å². The fourth-order valence-electron chi connectivity index (χ4n) is 3.41. The smallest absolute Gasteiger partial charge is 0.225 e. The number of carbonyl (C=O) groups excluding carboxylic acids is 1. The van der Waals surface area contributed by atoms with Crippen molar-refractivity contribution in [3.8, 4) is 5.75 Å². The molecule has 1 heterocycles. The van der Waals surface area contributed by atoms with Crippen LogP contribution >= 0.6 is 0 Å². The molecule has 1 atom stereocenters. The van der Waals surface area contributed by atoms with Crippen molar-refractivity contribution in [2.75, 3.05) is 25.0 Å². The SMILES string of the molecule is CCNC(=NCc1cccc(OCC(C)C)c1)NCC1CC(=O)Nc2ccccc21. The van der Waals surface area contributed by atoms with Crippen molar-refractivity contribution in [1.82, 2.24) is 10.6 Å². The van der Waals surface area contributed by atoms with Crippen LogP contribution in [0.5, 0.6) is 5.75 Å². The minimum atomic E-state index is 0.0562. The van der Waals surface area contributed by atoms with E-state index in [1.54, 1.807) is 0 Å². The zero-order chi connectivity index (χ0) is 21.3. The lowest BCUT2D eigenvalue weighted by molar-refractivity contribution is -0.116. The van der Waals surface area contributed by atoms with Crippen LogP contribution in [0, 0.1) is 5.92 Å².